The van der Waals surface area contributed by atoms with Crippen LogP contribution in [-0.2, 0) is 0 Å². The van der Waals surface area contributed by atoms with Crippen LogP contribution in [0, 0.1) is 5.82 Å². The van der Waals surface area contributed by atoms with Gasteiger partial charge in [-0.2, -0.15) is 0 Å². The van der Waals surface area contributed by atoms with Gasteiger partial charge in [-0.3, -0.25) is 0 Å². The summed E-state index contributed by atoms with van der Waals surface area (Å²) in [4.78, 5) is 0. The van der Waals surface area contributed by atoms with Gasteiger partial charge in [0.15, 0.2) is 0 Å². The van der Waals surface area contributed by atoms with E-state index in [4.69, 9.17) is 23.2 Å². The fourth-order valence-corrected chi connectivity index (χ4v) is 1.67. The number of benzene rings is 2. The van der Waals surface area contributed by atoms with Crippen LogP contribution in [-0.4, -0.2) is 0 Å². The first kappa shape index (κ1) is 10.5. The monoisotopic (exact) mass is 240 g/mol. The van der Waals surface area contributed by atoms with E-state index >= 15 is 0 Å². The lowest BCUT2D eigenvalue weighted by Crippen LogP contribution is -1.83. The maximum absolute atomic E-state index is 13.3. The summed E-state index contributed by atoms with van der Waals surface area (Å²) in [5.41, 5.74) is 1.64. The predicted octanol–water partition coefficient (Wildman–Crippen LogP) is 4.80. The molecule has 76 valence electrons. The van der Waals surface area contributed by atoms with Crippen molar-refractivity contribution in [3.8, 4) is 11.1 Å². The summed E-state index contributed by atoms with van der Waals surface area (Å²) in [6.45, 7) is 0. The van der Waals surface area contributed by atoms with E-state index in [2.05, 4.69) is 0 Å². The van der Waals surface area contributed by atoms with E-state index in [1.807, 2.05) is 30.3 Å². The zero-order chi connectivity index (χ0) is 10.8. The van der Waals surface area contributed by atoms with Crippen LogP contribution in [0.3, 0.4) is 0 Å². The highest BCUT2D eigenvalue weighted by Gasteiger charge is 2.07. The average Bonchev–Trinajstić information content (AvgIpc) is 2.26. The average molecular weight is 241 g/mol. The van der Waals surface area contributed by atoms with Crippen molar-refractivity contribution in [1.82, 2.24) is 0 Å². The lowest BCUT2D eigenvalue weighted by atomic mass is 10.1. The number of rotatable bonds is 1. The Morgan fingerprint density at radius 1 is 0.867 bits per heavy atom. The van der Waals surface area contributed by atoms with Crippen molar-refractivity contribution in [2.24, 2.45) is 0 Å². The van der Waals surface area contributed by atoms with Crippen molar-refractivity contribution in [2.45, 2.75) is 0 Å². The summed E-state index contributed by atoms with van der Waals surface area (Å²) in [5, 5.41) is 0.201. The number of hydrogen-bond acceptors (Lipinski definition) is 0. The van der Waals surface area contributed by atoms with Gasteiger partial charge in [0.05, 0.1) is 10.0 Å². The van der Waals surface area contributed by atoms with E-state index < -0.39 is 5.82 Å². The first-order valence-electron chi connectivity index (χ1n) is 4.38. The summed E-state index contributed by atoms with van der Waals surface area (Å²) in [7, 11) is 0. The Morgan fingerprint density at radius 3 is 2.13 bits per heavy atom. The molecule has 0 saturated carbocycles. The molecule has 2 aromatic carbocycles. The van der Waals surface area contributed by atoms with Crippen molar-refractivity contribution in [1.29, 1.82) is 0 Å². The van der Waals surface area contributed by atoms with Gasteiger partial charge >= 0.3 is 0 Å². The van der Waals surface area contributed by atoms with E-state index in [0.29, 0.717) is 0 Å². The molecule has 0 aromatic heterocycles. The number of halogens is 3. The Hall–Kier alpha value is -1.05. The summed E-state index contributed by atoms with van der Waals surface area (Å²) in [6, 6.07) is 12.5. The third-order valence-electron chi connectivity index (χ3n) is 2.09. The molecule has 0 bridgehead atoms. The molecule has 0 spiro atoms. The van der Waals surface area contributed by atoms with E-state index in [1.165, 1.54) is 6.07 Å². The minimum absolute atomic E-state index is 0.0312. The molecule has 0 heterocycles. The van der Waals surface area contributed by atoms with Crippen molar-refractivity contribution < 1.29 is 4.39 Å². The molecule has 0 aliphatic carbocycles. The van der Waals surface area contributed by atoms with Crippen LogP contribution in [0.15, 0.2) is 42.5 Å². The molecule has 15 heavy (non-hydrogen) atoms. The van der Waals surface area contributed by atoms with Gasteiger partial charge in [-0.1, -0.05) is 53.5 Å². The van der Waals surface area contributed by atoms with E-state index in [9.17, 15) is 4.39 Å². The van der Waals surface area contributed by atoms with Crippen LogP contribution in [0.4, 0.5) is 4.39 Å². The number of hydrogen-bond donors (Lipinski definition) is 0. The minimum atomic E-state index is -0.497. The molecule has 2 aromatic rings. The van der Waals surface area contributed by atoms with Gasteiger partial charge in [0.2, 0.25) is 0 Å². The highest BCUT2D eigenvalue weighted by Crippen LogP contribution is 2.30. The minimum Gasteiger partial charge on any atom is -0.205 e. The van der Waals surface area contributed by atoms with Crippen molar-refractivity contribution in [2.75, 3.05) is 0 Å². The lowest BCUT2D eigenvalue weighted by molar-refractivity contribution is 0.629. The molecule has 0 saturated heterocycles. The van der Waals surface area contributed by atoms with Crippen molar-refractivity contribution in [3.05, 3.63) is 58.3 Å². The summed E-state index contributed by atoms with van der Waals surface area (Å²) < 4.78 is 13.3. The molecule has 0 N–H and O–H groups in total. The molecule has 0 unspecified atom stereocenters. The van der Waals surface area contributed by atoms with Crippen molar-refractivity contribution >= 4 is 23.2 Å². The Morgan fingerprint density at radius 2 is 1.53 bits per heavy atom. The molecule has 0 amide bonds. The molecular formula is C12H7Cl2F. The zero-order valence-electron chi connectivity index (χ0n) is 7.68. The van der Waals surface area contributed by atoms with Gasteiger partial charge in [0.25, 0.3) is 0 Å². The normalized spacial score (nSPS) is 10.3. The van der Waals surface area contributed by atoms with Gasteiger partial charge in [0, 0.05) is 0 Å². The van der Waals surface area contributed by atoms with E-state index in [-0.39, 0.29) is 10.0 Å². The largest absolute Gasteiger partial charge is 0.205 e. The lowest BCUT2D eigenvalue weighted by Gasteiger charge is -2.04. The second kappa shape index (κ2) is 4.21. The predicted molar refractivity (Wildman–Crippen MR) is 61.9 cm³/mol. The molecule has 0 fully saturated rings. The fraction of sp³-hybridized carbons (Fsp3) is 0. The van der Waals surface area contributed by atoms with Crippen LogP contribution < -0.4 is 0 Å². The third-order valence-corrected chi connectivity index (χ3v) is 2.87. The second-order valence-corrected chi connectivity index (χ2v) is 3.91. The maximum Gasteiger partial charge on any atom is 0.143 e. The van der Waals surface area contributed by atoms with E-state index in [1.54, 1.807) is 6.07 Å². The Labute approximate surface area is 97.3 Å². The Bertz CT molecular complexity index is 457. The third kappa shape index (κ3) is 2.14. The molecule has 2 rings (SSSR count). The highest BCUT2D eigenvalue weighted by molar-refractivity contribution is 6.42. The second-order valence-electron chi connectivity index (χ2n) is 3.12. The first-order chi connectivity index (χ1) is 7.18. The van der Waals surface area contributed by atoms with Gasteiger partial charge in [-0.15, -0.1) is 0 Å². The standard InChI is InChI=1S/C12H7Cl2F/c13-10-6-9(7-11(15)12(10)14)8-4-2-1-3-5-8/h1-7H. The smallest absolute Gasteiger partial charge is 0.143 e. The quantitative estimate of drug-likeness (QED) is 0.629. The Kier molecular flexibility index (Phi) is 2.94. The SMILES string of the molecule is Fc1cc(-c2ccccc2)cc(Cl)c1Cl. The molecule has 0 radical (unpaired) electrons. The van der Waals surface area contributed by atoms with Crippen LogP contribution >= 0.6 is 23.2 Å². The highest BCUT2D eigenvalue weighted by atomic mass is 35.5. The molecule has 3 heteroatoms. The van der Waals surface area contributed by atoms with Crippen LogP contribution in [0.5, 0.6) is 0 Å². The molecular weight excluding hydrogens is 234 g/mol. The van der Waals surface area contributed by atoms with Crippen LogP contribution in [0.1, 0.15) is 0 Å². The van der Waals surface area contributed by atoms with Gasteiger partial charge < -0.3 is 0 Å². The summed E-state index contributed by atoms with van der Waals surface area (Å²) in [6.07, 6.45) is 0. The molecule has 0 aliphatic rings. The van der Waals surface area contributed by atoms with Gasteiger partial charge in [-0.05, 0) is 23.3 Å². The molecule has 0 nitrogen and oxygen atoms in total. The molecule has 0 atom stereocenters. The fourth-order valence-electron chi connectivity index (χ4n) is 1.35. The first-order valence-corrected chi connectivity index (χ1v) is 5.14. The summed E-state index contributed by atoms with van der Waals surface area (Å²) >= 11 is 11.4. The van der Waals surface area contributed by atoms with Crippen molar-refractivity contribution in [3.63, 3.8) is 0 Å². The Balaban J connectivity index is 2.56. The topological polar surface area (TPSA) is 0 Å². The zero-order valence-corrected chi connectivity index (χ0v) is 9.19. The van der Waals surface area contributed by atoms with Crippen LogP contribution in [0.2, 0.25) is 10.0 Å². The maximum atomic E-state index is 13.3. The summed E-state index contributed by atoms with van der Waals surface area (Å²) in [5.74, 6) is -0.497. The van der Waals surface area contributed by atoms with Gasteiger partial charge in [0.1, 0.15) is 5.82 Å². The van der Waals surface area contributed by atoms with Crippen LogP contribution in [0.25, 0.3) is 11.1 Å². The molecule has 0 aliphatic heterocycles. The van der Waals surface area contributed by atoms with E-state index in [0.717, 1.165) is 11.1 Å². The van der Waals surface area contributed by atoms with Gasteiger partial charge in [-0.25, -0.2) is 4.39 Å².